The Morgan fingerprint density at radius 3 is 2.85 bits per heavy atom. The number of alkyl halides is 1. The van der Waals surface area contributed by atoms with E-state index in [0.717, 1.165) is 50.8 Å². The third kappa shape index (κ3) is 4.21. The number of hydrogen-bond acceptors (Lipinski definition) is 5. The van der Waals surface area contributed by atoms with E-state index in [0.29, 0.717) is 18.4 Å². The number of nitrogens with zero attached hydrogens (tertiary/aromatic N) is 4. The first-order chi connectivity index (χ1) is 9.72. The minimum Gasteiger partial charge on any atom is -0.478 e. The fourth-order valence-corrected chi connectivity index (χ4v) is 2.64. The van der Waals surface area contributed by atoms with Crippen molar-refractivity contribution in [3.05, 3.63) is 11.8 Å². The molecular weight excluding hydrogens is 276 g/mol. The van der Waals surface area contributed by atoms with Crippen LogP contribution in [0.1, 0.15) is 19.0 Å². The zero-order chi connectivity index (χ0) is 14.4. The summed E-state index contributed by atoms with van der Waals surface area (Å²) >= 11 is 5.82. The van der Waals surface area contributed by atoms with Crippen LogP contribution in [-0.2, 0) is 0 Å². The lowest BCUT2D eigenvalue weighted by atomic mass is 10.4. The van der Waals surface area contributed by atoms with Crippen LogP contribution < -0.4 is 9.64 Å². The van der Waals surface area contributed by atoms with Crippen LogP contribution in [0, 0.1) is 6.92 Å². The van der Waals surface area contributed by atoms with Crippen LogP contribution in [0.25, 0.3) is 0 Å². The standard InChI is InChI=1S/C14H23ClN4O/c1-3-20-13-11-12(2)16-14(17-13)19-7-4-6-18(8-5-15)9-10-19/h11H,3-10H2,1-2H3. The highest BCUT2D eigenvalue weighted by atomic mass is 35.5. The minimum atomic E-state index is 0.624. The highest BCUT2D eigenvalue weighted by Crippen LogP contribution is 2.17. The lowest BCUT2D eigenvalue weighted by molar-refractivity contribution is 0.311. The monoisotopic (exact) mass is 298 g/mol. The summed E-state index contributed by atoms with van der Waals surface area (Å²) in [6, 6.07) is 1.88. The third-order valence-electron chi connectivity index (χ3n) is 3.38. The summed E-state index contributed by atoms with van der Waals surface area (Å²) in [6.07, 6.45) is 1.11. The van der Waals surface area contributed by atoms with Crippen LogP contribution in [0.2, 0.25) is 0 Å². The number of aryl methyl sites for hydroxylation is 1. The van der Waals surface area contributed by atoms with Crippen molar-refractivity contribution in [2.24, 2.45) is 0 Å². The topological polar surface area (TPSA) is 41.5 Å². The number of rotatable bonds is 5. The molecule has 1 aromatic rings. The van der Waals surface area contributed by atoms with Gasteiger partial charge in [0.05, 0.1) is 6.61 Å². The van der Waals surface area contributed by atoms with E-state index in [1.165, 1.54) is 0 Å². The highest BCUT2D eigenvalue weighted by Gasteiger charge is 2.17. The van der Waals surface area contributed by atoms with Crippen LogP contribution >= 0.6 is 11.6 Å². The summed E-state index contributed by atoms with van der Waals surface area (Å²) in [4.78, 5) is 13.7. The highest BCUT2D eigenvalue weighted by molar-refractivity contribution is 6.18. The summed E-state index contributed by atoms with van der Waals surface area (Å²) < 4.78 is 5.50. The zero-order valence-corrected chi connectivity index (χ0v) is 13.1. The number of halogens is 1. The SMILES string of the molecule is CCOc1cc(C)nc(N2CCCN(CCCl)CC2)n1. The second-order valence-corrected chi connectivity index (χ2v) is 5.33. The average molecular weight is 299 g/mol. The molecule has 20 heavy (non-hydrogen) atoms. The van der Waals surface area contributed by atoms with Gasteiger partial charge in [0.2, 0.25) is 11.8 Å². The molecule has 2 heterocycles. The average Bonchev–Trinajstić information content (AvgIpc) is 2.65. The van der Waals surface area contributed by atoms with Crippen LogP contribution in [0.15, 0.2) is 6.07 Å². The second-order valence-electron chi connectivity index (χ2n) is 4.95. The number of anilines is 1. The molecule has 5 nitrogen and oxygen atoms in total. The van der Waals surface area contributed by atoms with Gasteiger partial charge in [-0.1, -0.05) is 0 Å². The maximum atomic E-state index is 5.82. The summed E-state index contributed by atoms with van der Waals surface area (Å²) in [5.41, 5.74) is 0.945. The second kappa shape index (κ2) is 7.64. The van der Waals surface area contributed by atoms with Gasteiger partial charge in [-0.05, 0) is 26.8 Å². The molecule has 0 amide bonds. The lowest BCUT2D eigenvalue weighted by Gasteiger charge is -2.22. The Morgan fingerprint density at radius 2 is 2.10 bits per heavy atom. The maximum Gasteiger partial charge on any atom is 0.228 e. The molecule has 0 unspecified atom stereocenters. The quantitative estimate of drug-likeness (QED) is 0.777. The fourth-order valence-electron chi connectivity index (χ4n) is 2.40. The van der Waals surface area contributed by atoms with Gasteiger partial charge in [0, 0.05) is 43.8 Å². The molecule has 0 aromatic carbocycles. The van der Waals surface area contributed by atoms with E-state index in [-0.39, 0.29) is 0 Å². The third-order valence-corrected chi connectivity index (χ3v) is 3.55. The normalized spacial score (nSPS) is 17.1. The molecule has 1 fully saturated rings. The van der Waals surface area contributed by atoms with E-state index < -0.39 is 0 Å². The van der Waals surface area contributed by atoms with Crippen LogP contribution in [0.5, 0.6) is 5.88 Å². The van der Waals surface area contributed by atoms with Crippen molar-refractivity contribution in [3.8, 4) is 5.88 Å². The Hall–Kier alpha value is -1.07. The Morgan fingerprint density at radius 1 is 1.25 bits per heavy atom. The van der Waals surface area contributed by atoms with Gasteiger partial charge in [0.25, 0.3) is 0 Å². The maximum absolute atomic E-state index is 5.82. The number of ether oxygens (including phenoxy) is 1. The van der Waals surface area contributed by atoms with Gasteiger partial charge in [-0.3, -0.25) is 0 Å². The zero-order valence-electron chi connectivity index (χ0n) is 12.3. The summed E-state index contributed by atoms with van der Waals surface area (Å²) in [5, 5.41) is 0. The van der Waals surface area contributed by atoms with Crippen LogP contribution in [0.4, 0.5) is 5.95 Å². The predicted octanol–water partition coefficient (Wildman–Crippen LogP) is 1.93. The molecular formula is C14H23ClN4O. The van der Waals surface area contributed by atoms with Crippen molar-refractivity contribution in [1.82, 2.24) is 14.9 Å². The number of hydrogen-bond donors (Lipinski definition) is 0. The molecule has 0 saturated carbocycles. The molecule has 112 valence electrons. The first-order valence-electron chi connectivity index (χ1n) is 7.24. The van der Waals surface area contributed by atoms with E-state index in [1.54, 1.807) is 0 Å². The first-order valence-corrected chi connectivity index (χ1v) is 7.78. The van der Waals surface area contributed by atoms with Crippen molar-refractivity contribution < 1.29 is 4.74 Å². The van der Waals surface area contributed by atoms with Crippen molar-refractivity contribution in [2.45, 2.75) is 20.3 Å². The molecule has 1 aliphatic heterocycles. The largest absolute Gasteiger partial charge is 0.478 e. The number of aromatic nitrogens is 2. The summed E-state index contributed by atoms with van der Waals surface area (Å²) in [6.45, 7) is 9.53. The van der Waals surface area contributed by atoms with E-state index >= 15 is 0 Å². The van der Waals surface area contributed by atoms with Gasteiger partial charge in [-0.2, -0.15) is 4.98 Å². The molecule has 1 saturated heterocycles. The van der Waals surface area contributed by atoms with Crippen LogP contribution in [0.3, 0.4) is 0 Å². The summed E-state index contributed by atoms with van der Waals surface area (Å²) in [7, 11) is 0. The molecule has 0 aliphatic carbocycles. The van der Waals surface area contributed by atoms with Crippen molar-refractivity contribution in [3.63, 3.8) is 0 Å². The van der Waals surface area contributed by atoms with Gasteiger partial charge in [0.1, 0.15) is 0 Å². The lowest BCUT2D eigenvalue weighted by Crippen LogP contribution is -2.32. The molecule has 0 N–H and O–H groups in total. The van der Waals surface area contributed by atoms with E-state index in [1.807, 2.05) is 19.9 Å². The van der Waals surface area contributed by atoms with Crippen LogP contribution in [-0.4, -0.2) is 60.1 Å². The predicted molar refractivity (Wildman–Crippen MR) is 81.9 cm³/mol. The minimum absolute atomic E-state index is 0.624. The molecule has 0 spiro atoms. The van der Waals surface area contributed by atoms with Crippen molar-refractivity contribution >= 4 is 17.5 Å². The van der Waals surface area contributed by atoms with Gasteiger partial charge in [-0.15, -0.1) is 11.6 Å². The smallest absolute Gasteiger partial charge is 0.228 e. The Kier molecular flexibility index (Phi) is 5.86. The molecule has 0 radical (unpaired) electrons. The first kappa shape index (κ1) is 15.3. The van der Waals surface area contributed by atoms with Gasteiger partial charge < -0.3 is 14.5 Å². The fraction of sp³-hybridized carbons (Fsp3) is 0.714. The Balaban J connectivity index is 2.07. The molecule has 6 heteroatoms. The van der Waals surface area contributed by atoms with Gasteiger partial charge in [-0.25, -0.2) is 4.98 Å². The molecule has 0 bridgehead atoms. The van der Waals surface area contributed by atoms with E-state index in [2.05, 4.69) is 19.8 Å². The molecule has 1 aromatic heterocycles. The van der Waals surface area contributed by atoms with E-state index in [4.69, 9.17) is 16.3 Å². The van der Waals surface area contributed by atoms with Gasteiger partial charge >= 0.3 is 0 Å². The Bertz CT molecular complexity index is 430. The van der Waals surface area contributed by atoms with Crippen molar-refractivity contribution in [2.75, 3.05) is 50.1 Å². The van der Waals surface area contributed by atoms with Gasteiger partial charge in [0.15, 0.2) is 0 Å². The molecule has 1 aliphatic rings. The van der Waals surface area contributed by atoms with E-state index in [9.17, 15) is 0 Å². The Labute approximate surface area is 125 Å². The summed E-state index contributed by atoms with van der Waals surface area (Å²) in [5.74, 6) is 2.13. The van der Waals surface area contributed by atoms with Crippen molar-refractivity contribution in [1.29, 1.82) is 0 Å². The molecule has 2 rings (SSSR count). The molecule has 0 atom stereocenters.